The Labute approximate surface area is 86.9 Å². The molecule has 0 aliphatic heterocycles. The normalized spacial score (nSPS) is 9.07. The van der Waals surface area contributed by atoms with Crippen LogP contribution in [0.2, 0.25) is 5.28 Å². The zero-order valence-corrected chi connectivity index (χ0v) is 8.38. The van der Waals surface area contributed by atoms with Crippen molar-refractivity contribution in [3.05, 3.63) is 17.0 Å². The summed E-state index contributed by atoms with van der Waals surface area (Å²) in [5, 5.41) is 8.65. The van der Waals surface area contributed by atoms with Crippen LogP contribution in [0.1, 0.15) is 12.0 Å². The van der Waals surface area contributed by atoms with Gasteiger partial charge < -0.3 is 9.84 Å². The minimum absolute atomic E-state index is 0.0315. The first-order chi connectivity index (χ1) is 6.77. The molecule has 0 aromatic carbocycles. The summed E-state index contributed by atoms with van der Waals surface area (Å²) in [5.41, 5.74) is 0.561. The van der Waals surface area contributed by atoms with E-state index in [1.54, 1.807) is 0 Å². The average molecular weight is 213 g/mol. The third-order valence-corrected chi connectivity index (χ3v) is 1.56. The Morgan fingerprint density at radius 2 is 2.43 bits per heavy atom. The molecular weight excluding hydrogens is 204 g/mol. The van der Waals surface area contributed by atoms with Crippen molar-refractivity contribution in [2.24, 2.45) is 0 Å². The second kappa shape index (κ2) is 5.43. The summed E-state index contributed by atoms with van der Waals surface area (Å²) in [5.74, 6) is 5.86. The lowest BCUT2D eigenvalue weighted by atomic mass is 10.3. The zero-order valence-electron chi connectivity index (χ0n) is 7.62. The minimum Gasteiger partial charge on any atom is -0.480 e. The molecule has 1 heterocycles. The Bertz CT molecular complexity index is 371. The molecule has 14 heavy (non-hydrogen) atoms. The summed E-state index contributed by atoms with van der Waals surface area (Å²) in [6.45, 7) is 0.0315. The van der Waals surface area contributed by atoms with Gasteiger partial charge in [0.2, 0.25) is 11.2 Å². The van der Waals surface area contributed by atoms with E-state index in [1.165, 1.54) is 13.3 Å². The summed E-state index contributed by atoms with van der Waals surface area (Å²) >= 11 is 5.57. The fraction of sp³-hybridized carbons (Fsp3) is 0.333. The maximum atomic E-state index is 8.53. The molecule has 4 nitrogen and oxygen atoms in total. The molecule has 5 heteroatoms. The predicted molar refractivity (Wildman–Crippen MR) is 52.2 cm³/mol. The summed E-state index contributed by atoms with van der Waals surface area (Å²) in [6.07, 6.45) is 1.89. The van der Waals surface area contributed by atoms with Gasteiger partial charge in [-0.2, -0.15) is 4.98 Å². The van der Waals surface area contributed by atoms with E-state index in [1.807, 2.05) is 0 Å². The largest absolute Gasteiger partial charge is 0.480 e. The molecule has 0 saturated carbocycles. The van der Waals surface area contributed by atoms with Gasteiger partial charge in [0, 0.05) is 6.42 Å². The van der Waals surface area contributed by atoms with Crippen molar-refractivity contribution in [3.8, 4) is 17.7 Å². The van der Waals surface area contributed by atoms with Gasteiger partial charge in [-0.1, -0.05) is 11.8 Å². The summed E-state index contributed by atoms with van der Waals surface area (Å²) in [7, 11) is 1.48. The van der Waals surface area contributed by atoms with Crippen molar-refractivity contribution >= 4 is 11.6 Å². The van der Waals surface area contributed by atoms with Gasteiger partial charge in [0.25, 0.3) is 0 Å². The van der Waals surface area contributed by atoms with E-state index in [0.29, 0.717) is 17.9 Å². The molecule has 0 unspecified atom stereocenters. The van der Waals surface area contributed by atoms with Crippen molar-refractivity contribution in [3.63, 3.8) is 0 Å². The first-order valence-corrected chi connectivity index (χ1v) is 4.32. The van der Waals surface area contributed by atoms with Crippen molar-refractivity contribution in [1.29, 1.82) is 0 Å². The third kappa shape index (κ3) is 2.87. The summed E-state index contributed by atoms with van der Waals surface area (Å²) in [6, 6.07) is 0. The van der Waals surface area contributed by atoms with E-state index in [9.17, 15) is 0 Å². The van der Waals surface area contributed by atoms with Crippen LogP contribution in [-0.2, 0) is 0 Å². The van der Waals surface area contributed by atoms with Crippen molar-refractivity contribution in [1.82, 2.24) is 9.97 Å². The first kappa shape index (κ1) is 10.8. The molecule has 0 fully saturated rings. The number of aromatic nitrogens is 2. The Morgan fingerprint density at radius 1 is 1.64 bits per heavy atom. The number of hydrogen-bond acceptors (Lipinski definition) is 4. The average Bonchev–Trinajstić information content (AvgIpc) is 2.20. The van der Waals surface area contributed by atoms with Gasteiger partial charge in [-0.3, -0.25) is 0 Å². The Hall–Kier alpha value is -1.31. The molecular formula is C9H9ClN2O2. The summed E-state index contributed by atoms with van der Waals surface area (Å²) < 4.78 is 4.96. The smallest absolute Gasteiger partial charge is 0.233 e. The molecule has 1 aromatic heterocycles. The standard InChI is InChI=1S/C9H9ClN2O2/c1-14-8-7(4-2-3-5-13)6-11-9(10)12-8/h6,13H,3,5H2,1H3. The molecule has 0 saturated heterocycles. The molecule has 1 aromatic rings. The highest BCUT2D eigenvalue weighted by Gasteiger charge is 2.02. The Morgan fingerprint density at radius 3 is 3.07 bits per heavy atom. The molecule has 0 aliphatic rings. The molecule has 0 atom stereocenters. The number of rotatable bonds is 2. The molecule has 0 aliphatic carbocycles. The fourth-order valence-corrected chi connectivity index (χ4v) is 0.926. The maximum Gasteiger partial charge on any atom is 0.233 e. The van der Waals surface area contributed by atoms with Crippen LogP contribution >= 0.6 is 11.6 Å². The SMILES string of the molecule is COc1nc(Cl)ncc1C#CCCO. The van der Waals surface area contributed by atoms with E-state index >= 15 is 0 Å². The number of methoxy groups -OCH3 is 1. The quantitative estimate of drug-likeness (QED) is 0.584. The topological polar surface area (TPSA) is 55.2 Å². The van der Waals surface area contributed by atoms with Crippen LogP contribution in [0, 0.1) is 11.8 Å². The number of aliphatic hydroxyl groups is 1. The number of ether oxygens (including phenoxy) is 1. The second-order valence-corrected chi connectivity index (χ2v) is 2.68. The second-order valence-electron chi connectivity index (χ2n) is 2.34. The van der Waals surface area contributed by atoms with Crippen LogP contribution in [0.5, 0.6) is 5.88 Å². The predicted octanol–water partition coefficient (Wildman–Crippen LogP) is 0.872. The molecule has 74 valence electrons. The zero-order chi connectivity index (χ0) is 10.4. The van der Waals surface area contributed by atoms with Gasteiger partial charge in [-0.25, -0.2) is 4.98 Å². The highest BCUT2D eigenvalue weighted by atomic mass is 35.5. The van der Waals surface area contributed by atoms with Crippen LogP contribution < -0.4 is 4.74 Å². The fourth-order valence-electron chi connectivity index (χ4n) is 0.801. The molecule has 0 amide bonds. The highest BCUT2D eigenvalue weighted by molar-refractivity contribution is 6.28. The number of nitrogens with zero attached hydrogens (tertiary/aromatic N) is 2. The van der Waals surface area contributed by atoms with Gasteiger partial charge in [-0.15, -0.1) is 0 Å². The van der Waals surface area contributed by atoms with E-state index in [2.05, 4.69) is 21.8 Å². The van der Waals surface area contributed by atoms with E-state index < -0.39 is 0 Å². The molecule has 1 rings (SSSR count). The van der Waals surface area contributed by atoms with E-state index in [-0.39, 0.29) is 11.9 Å². The van der Waals surface area contributed by atoms with Crippen LogP contribution in [-0.4, -0.2) is 28.8 Å². The first-order valence-electron chi connectivity index (χ1n) is 3.94. The number of aliphatic hydroxyl groups excluding tert-OH is 1. The molecule has 0 spiro atoms. The van der Waals surface area contributed by atoms with Gasteiger partial charge in [-0.05, 0) is 11.6 Å². The van der Waals surface area contributed by atoms with Gasteiger partial charge in [0.05, 0.1) is 19.9 Å². The van der Waals surface area contributed by atoms with Crippen molar-refractivity contribution < 1.29 is 9.84 Å². The lowest BCUT2D eigenvalue weighted by Gasteiger charge is -2.00. The molecule has 0 radical (unpaired) electrons. The van der Waals surface area contributed by atoms with Gasteiger partial charge in [0.15, 0.2) is 0 Å². The van der Waals surface area contributed by atoms with Crippen LogP contribution in [0.4, 0.5) is 0 Å². The maximum absolute atomic E-state index is 8.53. The third-order valence-electron chi connectivity index (χ3n) is 1.38. The van der Waals surface area contributed by atoms with E-state index in [4.69, 9.17) is 21.4 Å². The Balaban J connectivity index is 2.92. The van der Waals surface area contributed by atoms with E-state index in [0.717, 1.165) is 0 Å². The summed E-state index contributed by atoms with van der Waals surface area (Å²) in [4.78, 5) is 7.61. The van der Waals surface area contributed by atoms with Crippen molar-refractivity contribution in [2.75, 3.05) is 13.7 Å². The van der Waals surface area contributed by atoms with Gasteiger partial charge >= 0.3 is 0 Å². The monoisotopic (exact) mass is 212 g/mol. The highest BCUT2D eigenvalue weighted by Crippen LogP contribution is 2.14. The minimum atomic E-state index is 0.0315. The van der Waals surface area contributed by atoms with Gasteiger partial charge in [0.1, 0.15) is 5.56 Å². The van der Waals surface area contributed by atoms with Crippen LogP contribution in [0.15, 0.2) is 6.20 Å². The van der Waals surface area contributed by atoms with Crippen LogP contribution in [0.3, 0.4) is 0 Å². The van der Waals surface area contributed by atoms with Crippen molar-refractivity contribution in [2.45, 2.75) is 6.42 Å². The lowest BCUT2D eigenvalue weighted by molar-refractivity contribution is 0.305. The van der Waals surface area contributed by atoms with Crippen LogP contribution in [0.25, 0.3) is 0 Å². The molecule has 0 bridgehead atoms. The number of halogens is 1. The lowest BCUT2D eigenvalue weighted by Crippen LogP contribution is -1.94. The Kier molecular flexibility index (Phi) is 4.17. The molecule has 1 N–H and O–H groups in total. The number of hydrogen-bond donors (Lipinski definition) is 1.